The Morgan fingerprint density at radius 1 is 1.20 bits per heavy atom. The Morgan fingerprint density at radius 2 is 1.95 bits per heavy atom. The van der Waals surface area contributed by atoms with E-state index in [-0.39, 0.29) is 12.0 Å². The van der Waals surface area contributed by atoms with E-state index >= 15 is 0 Å². The third kappa shape index (κ3) is 3.10. The summed E-state index contributed by atoms with van der Waals surface area (Å²) in [4.78, 5) is 0. The van der Waals surface area contributed by atoms with Crippen molar-refractivity contribution in [3.05, 3.63) is 64.7 Å². The van der Waals surface area contributed by atoms with Crippen LogP contribution in [0.15, 0.2) is 36.4 Å². The normalized spacial score (nSPS) is 12.2. The van der Waals surface area contributed by atoms with Crippen LogP contribution in [0.3, 0.4) is 0 Å². The topological polar surface area (TPSA) is 9.23 Å². The number of benzene rings is 2. The van der Waals surface area contributed by atoms with Crippen LogP contribution in [0.5, 0.6) is 5.75 Å². The van der Waals surface area contributed by atoms with Crippen LogP contribution in [-0.2, 0) is 6.42 Å². The van der Waals surface area contributed by atoms with E-state index in [0.29, 0.717) is 0 Å². The van der Waals surface area contributed by atoms with Crippen molar-refractivity contribution in [2.24, 2.45) is 0 Å². The largest absolute Gasteiger partial charge is 0.497 e. The molecule has 1 nitrogen and oxygen atoms in total. The molecule has 0 heterocycles. The van der Waals surface area contributed by atoms with Gasteiger partial charge < -0.3 is 4.74 Å². The van der Waals surface area contributed by atoms with Gasteiger partial charge in [-0.2, -0.15) is 0 Å². The average molecular weight is 297 g/mol. The molecule has 0 aromatic heterocycles. The van der Waals surface area contributed by atoms with Crippen molar-refractivity contribution in [1.82, 2.24) is 0 Å². The summed E-state index contributed by atoms with van der Waals surface area (Å²) in [7, 11) is 1.59. The van der Waals surface area contributed by atoms with E-state index in [1.807, 2.05) is 19.1 Å². The van der Waals surface area contributed by atoms with Crippen molar-refractivity contribution in [3.63, 3.8) is 0 Å². The second kappa shape index (κ2) is 6.23. The third-order valence-electron chi connectivity index (χ3n) is 3.25. The molecule has 0 amide bonds. The molecule has 106 valence electrons. The predicted molar refractivity (Wildman–Crippen MR) is 76.4 cm³/mol. The minimum atomic E-state index is -0.849. The summed E-state index contributed by atoms with van der Waals surface area (Å²) in [5, 5.41) is -0.419. The summed E-state index contributed by atoms with van der Waals surface area (Å²) in [6.07, 6.45) is 0.234. The number of aryl methyl sites for hydroxylation is 1. The zero-order valence-electron chi connectivity index (χ0n) is 11.3. The van der Waals surface area contributed by atoms with Gasteiger partial charge in [-0.15, -0.1) is 11.6 Å². The van der Waals surface area contributed by atoms with Gasteiger partial charge in [0, 0.05) is 0 Å². The van der Waals surface area contributed by atoms with Gasteiger partial charge in [-0.05, 0) is 48.2 Å². The Hall–Kier alpha value is -1.61. The van der Waals surface area contributed by atoms with Gasteiger partial charge in [0.25, 0.3) is 0 Å². The number of alkyl halides is 1. The molecule has 1 unspecified atom stereocenters. The van der Waals surface area contributed by atoms with E-state index in [9.17, 15) is 8.78 Å². The lowest BCUT2D eigenvalue weighted by molar-refractivity contribution is 0.414. The minimum absolute atomic E-state index is 0.234. The maximum atomic E-state index is 13.6. The van der Waals surface area contributed by atoms with Crippen LogP contribution < -0.4 is 4.74 Å². The molecule has 4 heteroatoms. The highest BCUT2D eigenvalue weighted by molar-refractivity contribution is 6.21. The highest BCUT2D eigenvalue weighted by Crippen LogP contribution is 2.30. The molecule has 0 aliphatic heterocycles. The van der Waals surface area contributed by atoms with E-state index in [1.54, 1.807) is 19.2 Å². The van der Waals surface area contributed by atoms with Crippen LogP contribution in [0.2, 0.25) is 0 Å². The lowest BCUT2D eigenvalue weighted by atomic mass is 9.99. The number of rotatable bonds is 4. The number of methoxy groups -OCH3 is 1. The second-order valence-corrected chi connectivity index (χ2v) is 5.13. The molecule has 0 radical (unpaired) electrons. The molecule has 0 fully saturated rings. The van der Waals surface area contributed by atoms with Crippen LogP contribution in [0.25, 0.3) is 0 Å². The first-order chi connectivity index (χ1) is 9.52. The predicted octanol–water partition coefficient (Wildman–Crippen LogP) is 4.80. The monoisotopic (exact) mass is 296 g/mol. The number of halogens is 3. The molecule has 1 atom stereocenters. The zero-order valence-corrected chi connectivity index (χ0v) is 12.0. The Bertz CT molecular complexity index is 613. The van der Waals surface area contributed by atoms with E-state index in [1.165, 1.54) is 6.07 Å². The van der Waals surface area contributed by atoms with Crippen LogP contribution in [0, 0.1) is 18.6 Å². The van der Waals surface area contributed by atoms with Crippen LogP contribution in [0.1, 0.15) is 22.1 Å². The SMILES string of the molecule is COc1ccc(C(Cl)Cc2cccc(F)c2F)c(C)c1. The second-order valence-electron chi connectivity index (χ2n) is 4.61. The van der Waals surface area contributed by atoms with Gasteiger partial charge in [-0.25, -0.2) is 8.78 Å². The molecule has 0 aliphatic carbocycles. The van der Waals surface area contributed by atoms with Gasteiger partial charge in [0.15, 0.2) is 11.6 Å². The summed E-state index contributed by atoms with van der Waals surface area (Å²) in [6.45, 7) is 1.91. The van der Waals surface area contributed by atoms with Gasteiger partial charge >= 0.3 is 0 Å². The van der Waals surface area contributed by atoms with Crippen molar-refractivity contribution in [3.8, 4) is 5.75 Å². The number of ether oxygens (including phenoxy) is 1. The molecule has 0 saturated heterocycles. The van der Waals surface area contributed by atoms with Crippen molar-refractivity contribution < 1.29 is 13.5 Å². The van der Waals surface area contributed by atoms with Gasteiger partial charge in [0.1, 0.15) is 5.75 Å². The minimum Gasteiger partial charge on any atom is -0.497 e. The molecule has 0 N–H and O–H groups in total. The van der Waals surface area contributed by atoms with Crippen molar-refractivity contribution >= 4 is 11.6 Å². The molecular weight excluding hydrogens is 282 g/mol. The molecule has 0 spiro atoms. The van der Waals surface area contributed by atoms with E-state index in [2.05, 4.69) is 0 Å². The van der Waals surface area contributed by atoms with Crippen LogP contribution in [-0.4, -0.2) is 7.11 Å². The van der Waals surface area contributed by atoms with Gasteiger partial charge in [-0.1, -0.05) is 18.2 Å². The Morgan fingerprint density at radius 3 is 2.60 bits per heavy atom. The first kappa shape index (κ1) is 14.8. The Balaban J connectivity index is 2.24. The van der Waals surface area contributed by atoms with Crippen molar-refractivity contribution in [1.29, 1.82) is 0 Å². The maximum Gasteiger partial charge on any atom is 0.162 e. The first-order valence-corrected chi connectivity index (χ1v) is 6.68. The van der Waals surface area contributed by atoms with E-state index in [4.69, 9.17) is 16.3 Å². The van der Waals surface area contributed by atoms with Gasteiger partial charge in [-0.3, -0.25) is 0 Å². The standard InChI is InChI=1S/C16H15ClF2O/c1-10-8-12(20-2)6-7-13(10)14(17)9-11-4-3-5-15(18)16(11)19/h3-8,14H,9H2,1-2H3. The lowest BCUT2D eigenvalue weighted by Crippen LogP contribution is -2.02. The smallest absolute Gasteiger partial charge is 0.162 e. The van der Waals surface area contributed by atoms with E-state index < -0.39 is 17.0 Å². The summed E-state index contributed by atoms with van der Waals surface area (Å²) in [6, 6.07) is 9.65. The van der Waals surface area contributed by atoms with Crippen molar-refractivity contribution in [2.75, 3.05) is 7.11 Å². The highest BCUT2D eigenvalue weighted by atomic mass is 35.5. The quantitative estimate of drug-likeness (QED) is 0.736. The maximum absolute atomic E-state index is 13.6. The molecular formula is C16H15ClF2O. The number of hydrogen-bond donors (Lipinski definition) is 0. The fourth-order valence-electron chi connectivity index (χ4n) is 2.14. The molecule has 2 aromatic carbocycles. The Kier molecular flexibility index (Phi) is 4.61. The lowest BCUT2D eigenvalue weighted by Gasteiger charge is -2.14. The first-order valence-electron chi connectivity index (χ1n) is 6.24. The molecule has 2 aromatic rings. The average Bonchev–Trinajstić information content (AvgIpc) is 2.43. The van der Waals surface area contributed by atoms with Gasteiger partial charge in [0.2, 0.25) is 0 Å². The van der Waals surface area contributed by atoms with E-state index in [0.717, 1.165) is 22.9 Å². The molecule has 0 saturated carbocycles. The van der Waals surface area contributed by atoms with Gasteiger partial charge in [0.05, 0.1) is 12.5 Å². The summed E-state index contributed by atoms with van der Waals surface area (Å²) < 4.78 is 31.9. The van der Waals surface area contributed by atoms with Crippen LogP contribution >= 0.6 is 11.6 Å². The summed E-state index contributed by atoms with van der Waals surface area (Å²) in [5.41, 5.74) is 2.12. The van der Waals surface area contributed by atoms with Crippen LogP contribution in [0.4, 0.5) is 8.78 Å². The van der Waals surface area contributed by atoms with Crippen molar-refractivity contribution in [2.45, 2.75) is 18.7 Å². The fourth-order valence-corrected chi connectivity index (χ4v) is 2.55. The summed E-state index contributed by atoms with van der Waals surface area (Å²) in [5.74, 6) is -0.936. The molecule has 0 bridgehead atoms. The third-order valence-corrected chi connectivity index (χ3v) is 3.63. The summed E-state index contributed by atoms with van der Waals surface area (Å²) >= 11 is 6.34. The Labute approximate surface area is 122 Å². The number of hydrogen-bond acceptors (Lipinski definition) is 1. The molecule has 0 aliphatic rings. The zero-order chi connectivity index (χ0) is 14.7. The molecule has 2 rings (SSSR count). The molecule has 20 heavy (non-hydrogen) atoms. The fraction of sp³-hybridized carbons (Fsp3) is 0.250. The highest BCUT2D eigenvalue weighted by Gasteiger charge is 2.16.